The maximum Gasteiger partial charge on any atom is 0.146 e. The monoisotopic (exact) mass is 307 g/mol. The van der Waals surface area contributed by atoms with Crippen molar-refractivity contribution >= 4 is 17.0 Å². The summed E-state index contributed by atoms with van der Waals surface area (Å²) in [4.78, 5) is 7.40. The van der Waals surface area contributed by atoms with Gasteiger partial charge in [-0.05, 0) is 32.0 Å². The Morgan fingerprint density at radius 1 is 1.43 bits per heavy atom. The van der Waals surface area contributed by atoms with Crippen LogP contribution in [0.4, 0.5) is 10.1 Å². The summed E-state index contributed by atoms with van der Waals surface area (Å²) in [7, 11) is 1.93. The molecule has 0 aliphatic carbocycles. The van der Waals surface area contributed by atoms with Gasteiger partial charge in [0.1, 0.15) is 5.82 Å². The number of halogens is 1. The van der Waals surface area contributed by atoms with Gasteiger partial charge in [0, 0.05) is 18.0 Å². The van der Waals surface area contributed by atoms with Crippen molar-refractivity contribution in [2.45, 2.75) is 33.4 Å². The summed E-state index contributed by atoms with van der Waals surface area (Å²) in [6, 6.07) is 5.40. The van der Waals surface area contributed by atoms with E-state index < -0.39 is 0 Å². The number of thiazole rings is 1. The minimum Gasteiger partial charge on any atom is -0.367 e. The van der Waals surface area contributed by atoms with Crippen LogP contribution in [-0.4, -0.2) is 18.6 Å². The molecule has 0 aliphatic rings. The van der Waals surface area contributed by atoms with Crippen LogP contribution in [-0.2, 0) is 6.54 Å². The van der Waals surface area contributed by atoms with Gasteiger partial charge in [-0.1, -0.05) is 19.1 Å². The zero-order valence-corrected chi connectivity index (χ0v) is 13.8. The molecular formula is C16H22FN3S. The zero-order chi connectivity index (χ0) is 15.4. The molecule has 0 radical (unpaired) electrons. The topological polar surface area (TPSA) is 28.2 Å². The minimum absolute atomic E-state index is 0.116. The first-order valence-corrected chi connectivity index (χ1v) is 8.04. The molecular weight excluding hydrogens is 285 g/mol. The maximum absolute atomic E-state index is 14.3. The third kappa shape index (κ3) is 3.60. The Kier molecular flexibility index (Phi) is 5.31. The van der Waals surface area contributed by atoms with Crippen LogP contribution in [0.2, 0.25) is 0 Å². The number of aromatic nitrogens is 1. The molecule has 2 aromatic rings. The second-order valence-electron chi connectivity index (χ2n) is 5.17. The van der Waals surface area contributed by atoms with Crippen molar-refractivity contribution in [2.24, 2.45) is 0 Å². The van der Waals surface area contributed by atoms with E-state index in [4.69, 9.17) is 0 Å². The summed E-state index contributed by atoms with van der Waals surface area (Å²) in [6.45, 7) is 7.63. The molecule has 1 unspecified atom stereocenters. The van der Waals surface area contributed by atoms with Crippen LogP contribution in [0.1, 0.15) is 36.0 Å². The molecule has 21 heavy (non-hydrogen) atoms. The second kappa shape index (κ2) is 7.00. The summed E-state index contributed by atoms with van der Waals surface area (Å²) < 4.78 is 14.3. The molecule has 0 amide bonds. The van der Waals surface area contributed by atoms with Crippen molar-refractivity contribution in [1.29, 1.82) is 0 Å². The standard InChI is InChI=1S/C16H22FN3S/c1-5-18-11(2)13-7-6-8-14(17)16(13)20(4)9-15-12(3)19-10-21-15/h6-8,10-11,18H,5,9H2,1-4H3. The number of rotatable bonds is 6. The van der Waals surface area contributed by atoms with E-state index in [1.165, 1.54) is 10.9 Å². The van der Waals surface area contributed by atoms with Crippen LogP contribution in [0.5, 0.6) is 0 Å². The first-order chi connectivity index (χ1) is 10.0. The lowest BCUT2D eigenvalue weighted by molar-refractivity contribution is 0.579. The molecule has 0 bridgehead atoms. The number of nitrogens with one attached hydrogen (secondary N) is 1. The third-order valence-corrected chi connectivity index (χ3v) is 4.52. The lowest BCUT2D eigenvalue weighted by Crippen LogP contribution is -2.24. The number of benzene rings is 1. The third-order valence-electron chi connectivity index (χ3n) is 3.60. The largest absolute Gasteiger partial charge is 0.367 e. The quantitative estimate of drug-likeness (QED) is 0.877. The molecule has 2 rings (SSSR count). The molecule has 3 nitrogen and oxygen atoms in total. The lowest BCUT2D eigenvalue weighted by Gasteiger charge is -2.25. The maximum atomic E-state index is 14.3. The van der Waals surface area contributed by atoms with Crippen LogP contribution >= 0.6 is 11.3 Å². The van der Waals surface area contributed by atoms with Crippen molar-refractivity contribution < 1.29 is 4.39 Å². The van der Waals surface area contributed by atoms with Gasteiger partial charge < -0.3 is 10.2 Å². The Morgan fingerprint density at radius 2 is 2.19 bits per heavy atom. The number of nitrogens with zero attached hydrogens (tertiary/aromatic N) is 2. The molecule has 0 saturated heterocycles. The fourth-order valence-corrected chi connectivity index (χ4v) is 3.30. The van der Waals surface area contributed by atoms with Crippen molar-refractivity contribution in [3.8, 4) is 0 Å². The van der Waals surface area contributed by atoms with E-state index in [-0.39, 0.29) is 11.9 Å². The summed E-state index contributed by atoms with van der Waals surface area (Å²) in [5, 5.41) is 3.35. The van der Waals surface area contributed by atoms with Gasteiger partial charge in [-0.2, -0.15) is 0 Å². The van der Waals surface area contributed by atoms with E-state index in [2.05, 4.69) is 24.1 Å². The van der Waals surface area contributed by atoms with Crippen LogP contribution in [0.25, 0.3) is 0 Å². The lowest BCUT2D eigenvalue weighted by atomic mass is 10.0. The Bertz CT molecular complexity index is 597. The average Bonchev–Trinajstić information content (AvgIpc) is 2.84. The van der Waals surface area contributed by atoms with E-state index in [1.807, 2.05) is 30.4 Å². The SMILES string of the molecule is CCNC(C)c1cccc(F)c1N(C)Cc1scnc1C. The smallest absolute Gasteiger partial charge is 0.146 e. The van der Waals surface area contributed by atoms with E-state index in [0.29, 0.717) is 12.2 Å². The normalized spacial score (nSPS) is 12.4. The summed E-state index contributed by atoms with van der Waals surface area (Å²) in [6.07, 6.45) is 0. The molecule has 1 aromatic heterocycles. The Morgan fingerprint density at radius 3 is 2.81 bits per heavy atom. The van der Waals surface area contributed by atoms with Crippen LogP contribution in [0.3, 0.4) is 0 Å². The molecule has 0 fully saturated rings. The first kappa shape index (κ1) is 15.9. The van der Waals surface area contributed by atoms with Crippen molar-refractivity contribution in [3.05, 3.63) is 45.7 Å². The number of anilines is 1. The van der Waals surface area contributed by atoms with Gasteiger partial charge in [0.15, 0.2) is 0 Å². The summed E-state index contributed by atoms with van der Waals surface area (Å²) in [5.74, 6) is -0.179. The summed E-state index contributed by atoms with van der Waals surface area (Å²) >= 11 is 1.61. The predicted octanol–water partition coefficient (Wildman–Crippen LogP) is 3.90. The molecule has 1 atom stereocenters. The van der Waals surface area contributed by atoms with E-state index in [0.717, 1.165) is 17.8 Å². The van der Waals surface area contributed by atoms with E-state index in [1.54, 1.807) is 17.4 Å². The Labute approximate surface area is 129 Å². The van der Waals surface area contributed by atoms with E-state index in [9.17, 15) is 4.39 Å². The highest BCUT2D eigenvalue weighted by Crippen LogP contribution is 2.30. The van der Waals surface area contributed by atoms with E-state index >= 15 is 0 Å². The Balaban J connectivity index is 2.31. The molecule has 0 spiro atoms. The van der Waals surface area contributed by atoms with Crippen LogP contribution in [0.15, 0.2) is 23.7 Å². The zero-order valence-electron chi connectivity index (χ0n) is 13.0. The van der Waals surface area contributed by atoms with Gasteiger partial charge in [0.05, 0.1) is 23.4 Å². The highest BCUT2D eigenvalue weighted by Gasteiger charge is 2.18. The van der Waals surface area contributed by atoms with Gasteiger partial charge in [-0.25, -0.2) is 9.37 Å². The van der Waals surface area contributed by atoms with Gasteiger partial charge >= 0.3 is 0 Å². The van der Waals surface area contributed by atoms with Gasteiger partial charge in [0.25, 0.3) is 0 Å². The minimum atomic E-state index is -0.179. The molecule has 0 aliphatic heterocycles. The molecule has 1 N–H and O–H groups in total. The predicted molar refractivity (Wildman–Crippen MR) is 87.4 cm³/mol. The fourth-order valence-electron chi connectivity index (χ4n) is 2.47. The van der Waals surface area contributed by atoms with Crippen molar-refractivity contribution in [3.63, 3.8) is 0 Å². The molecule has 114 valence electrons. The molecule has 5 heteroatoms. The van der Waals surface area contributed by atoms with Crippen molar-refractivity contribution in [2.75, 3.05) is 18.5 Å². The highest BCUT2D eigenvalue weighted by atomic mass is 32.1. The van der Waals surface area contributed by atoms with Crippen LogP contribution < -0.4 is 10.2 Å². The van der Waals surface area contributed by atoms with Gasteiger partial charge in [0.2, 0.25) is 0 Å². The number of hydrogen-bond donors (Lipinski definition) is 1. The second-order valence-corrected chi connectivity index (χ2v) is 6.11. The fraction of sp³-hybridized carbons (Fsp3) is 0.438. The first-order valence-electron chi connectivity index (χ1n) is 7.16. The Hall–Kier alpha value is -1.46. The van der Waals surface area contributed by atoms with Crippen molar-refractivity contribution in [1.82, 2.24) is 10.3 Å². The summed E-state index contributed by atoms with van der Waals surface area (Å²) in [5.41, 5.74) is 4.51. The highest BCUT2D eigenvalue weighted by molar-refractivity contribution is 7.09. The number of para-hydroxylation sites is 1. The van der Waals surface area contributed by atoms with Gasteiger partial charge in [-0.3, -0.25) is 0 Å². The molecule has 1 heterocycles. The average molecular weight is 307 g/mol. The van der Waals surface area contributed by atoms with Crippen LogP contribution in [0, 0.1) is 12.7 Å². The number of aryl methyl sites for hydroxylation is 1. The molecule has 1 aromatic carbocycles. The van der Waals surface area contributed by atoms with Gasteiger partial charge in [-0.15, -0.1) is 11.3 Å². The molecule has 0 saturated carbocycles. The number of hydrogen-bond acceptors (Lipinski definition) is 4.